The number of carbonyl (C=O) groups is 1. The molecule has 0 spiro atoms. The van der Waals surface area contributed by atoms with Gasteiger partial charge in [0.05, 0.1) is 5.56 Å². The lowest BCUT2D eigenvalue weighted by Gasteiger charge is -2.28. The van der Waals surface area contributed by atoms with Gasteiger partial charge in [-0.1, -0.05) is 40.2 Å². The molecule has 0 aromatic heterocycles. The average Bonchev–Trinajstić information content (AvgIpc) is 2.62. The third-order valence-corrected chi connectivity index (χ3v) is 4.36. The van der Waals surface area contributed by atoms with E-state index >= 15 is 0 Å². The van der Waals surface area contributed by atoms with E-state index < -0.39 is 0 Å². The van der Waals surface area contributed by atoms with E-state index in [0.29, 0.717) is 17.9 Å². The van der Waals surface area contributed by atoms with E-state index in [2.05, 4.69) is 21.2 Å². The van der Waals surface area contributed by atoms with Crippen molar-refractivity contribution in [3.05, 3.63) is 64.1 Å². The zero-order valence-electron chi connectivity index (χ0n) is 12.8. The fraction of sp³-hybridized carbons (Fsp3) is 0.278. The first kappa shape index (κ1) is 16.0. The lowest BCUT2D eigenvalue weighted by Crippen LogP contribution is -2.46. The van der Waals surface area contributed by atoms with Crippen molar-refractivity contribution in [3.8, 4) is 5.75 Å². The average molecular weight is 375 g/mol. The van der Waals surface area contributed by atoms with E-state index in [1.807, 2.05) is 53.4 Å². The number of amides is 1. The molecule has 120 valence electrons. The van der Waals surface area contributed by atoms with Crippen molar-refractivity contribution in [2.45, 2.75) is 6.61 Å². The van der Waals surface area contributed by atoms with E-state index in [1.54, 1.807) is 0 Å². The molecule has 1 saturated heterocycles. The third-order valence-electron chi connectivity index (χ3n) is 3.83. The SMILES string of the molecule is O=C(c1ccccc1OCc1ccc(Br)cc1)N1CCNCC1. The number of piperazine rings is 1. The summed E-state index contributed by atoms with van der Waals surface area (Å²) < 4.78 is 6.93. The first-order chi connectivity index (χ1) is 11.2. The lowest BCUT2D eigenvalue weighted by molar-refractivity contribution is 0.0731. The second-order valence-electron chi connectivity index (χ2n) is 5.45. The summed E-state index contributed by atoms with van der Waals surface area (Å²) in [4.78, 5) is 14.6. The van der Waals surface area contributed by atoms with E-state index in [4.69, 9.17) is 4.74 Å². The molecule has 1 aliphatic rings. The van der Waals surface area contributed by atoms with E-state index in [9.17, 15) is 4.79 Å². The molecule has 0 bridgehead atoms. The van der Waals surface area contributed by atoms with Gasteiger partial charge < -0.3 is 15.0 Å². The number of benzene rings is 2. The zero-order valence-corrected chi connectivity index (χ0v) is 14.4. The van der Waals surface area contributed by atoms with Crippen LogP contribution >= 0.6 is 15.9 Å². The van der Waals surface area contributed by atoms with Crippen LogP contribution in [0.15, 0.2) is 53.0 Å². The van der Waals surface area contributed by atoms with Crippen LogP contribution in [0.1, 0.15) is 15.9 Å². The maximum atomic E-state index is 12.7. The van der Waals surface area contributed by atoms with Crippen LogP contribution in [0.2, 0.25) is 0 Å². The highest BCUT2D eigenvalue weighted by Crippen LogP contribution is 2.22. The predicted molar refractivity (Wildman–Crippen MR) is 93.7 cm³/mol. The van der Waals surface area contributed by atoms with Crippen LogP contribution in [0.3, 0.4) is 0 Å². The van der Waals surface area contributed by atoms with Gasteiger partial charge in [-0.25, -0.2) is 0 Å². The number of nitrogens with one attached hydrogen (secondary N) is 1. The quantitative estimate of drug-likeness (QED) is 0.893. The number of para-hydroxylation sites is 1. The van der Waals surface area contributed by atoms with Crippen molar-refractivity contribution in [2.24, 2.45) is 0 Å². The summed E-state index contributed by atoms with van der Waals surface area (Å²) in [5.74, 6) is 0.678. The number of nitrogens with zero attached hydrogens (tertiary/aromatic N) is 1. The summed E-state index contributed by atoms with van der Waals surface area (Å²) in [6.45, 7) is 3.60. The van der Waals surface area contributed by atoms with Crippen LogP contribution in [0.25, 0.3) is 0 Å². The van der Waals surface area contributed by atoms with Gasteiger partial charge in [-0.2, -0.15) is 0 Å². The van der Waals surface area contributed by atoms with Gasteiger partial charge in [0.15, 0.2) is 0 Å². The highest BCUT2D eigenvalue weighted by atomic mass is 79.9. The van der Waals surface area contributed by atoms with E-state index in [-0.39, 0.29) is 5.91 Å². The molecule has 0 unspecified atom stereocenters. The van der Waals surface area contributed by atoms with Gasteiger partial charge in [0.25, 0.3) is 5.91 Å². The minimum atomic E-state index is 0.0397. The molecule has 0 aliphatic carbocycles. The minimum Gasteiger partial charge on any atom is -0.488 e. The Morgan fingerprint density at radius 1 is 1.09 bits per heavy atom. The first-order valence-corrected chi connectivity index (χ1v) is 8.49. The molecule has 3 rings (SSSR count). The molecule has 0 saturated carbocycles. The van der Waals surface area contributed by atoms with Crippen molar-refractivity contribution in [1.82, 2.24) is 10.2 Å². The molecule has 1 heterocycles. The van der Waals surface area contributed by atoms with E-state index in [0.717, 1.165) is 36.2 Å². The summed E-state index contributed by atoms with van der Waals surface area (Å²) in [7, 11) is 0. The third kappa shape index (κ3) is 4.12. The predicted octanol–water partition coefficient (Wildman–Crippen LogP) is 3.07. The molecule has 1 amide bonds. The number of carbonyl (C=O) groups excluding carboxylic acids is 1. The molecule has 4 nitrogen and oxygen atoms in total. The number of hydrogen-bond donors (Lipinski definition) is 1. The Morgan fingerprint density at radius 2 is 1.78 bits per heavy atom. The van der Waals surface area contributed by atoms with Crippen LogP contribution < -0.4 is 10.1 Å². The normalized spacial score (nSPS) is 14.6. The highest BCUT2D eigenvalue weighted by Gasteiger charge is 2.20. The van der Waals surface area contributed by atoms with Gasteiger partial charge >= 0.3 is 0 Å². The van der Waals surface area contributed by atoms with Gasteiger partial charge in [0.2, 0.25) is 0 Å². The Morgan fingerprint density at radius 3 is 2.52 bits per heavy atom. The summed E-state index contributed by atoms with van der Waals surface area (Å²) in [5, 5.41) is 3.26. The number of halogens is 1. The van der Waals surface area contributed by atoms with Crippen LogP contribution in [-0.2, 0) is 6.61 Å². The maximum Gasteiger partial charge on any atom is 0.257 e. The van der Waals surface area contributed by atoms with Gasteiger partial charge in [-0.05, 0) is 29.8 Å². The summed E-state index contributed by atoms with van der Waals surface area (Å²) in [5.41, 5.74) is 1.70. The van der Waals surface area contributed by atoms with Gasteiger partial charge in [-0.15, -0.1) is 0 Å². The highest BCUT2D eigenvalue weighted by molar-refractivity contribution is 9.10. The molecule has 1 aliphatic heterocycles. The van der Waals surface area contributed by atoms with Crippen molar-refractivity contribution >= 4 is 21.8 Å². The molecular formula is C18H19BrN2O2. The van der Waals surface area contributed by atoms with Gasteiger partial charge in [0.1, 0.15) is 12.4 Å². The smallest absolute Gasteiger partial charge is 0.257 e. The van der Waals surface area contributed by atoms with Crippen molar-refractivity contribution in [3.63, 3.8) is 0 Å². The van der Waals surface area contributed by atoms with Gasteiger partial charge in [-0.3, -0.25) is 4.79 Å². The molecule has 1 fully saturated rings. The first-order valence-electron chi connectivity index (χ1n) is 7.70. The number of rotatable bonds is 4. The van der Waals surface area contributed by atoms with Crippen molar-refractivity contribution in [2.75, 3.05) is 26.2 Å². The molecule has 23 heavy (non-hydrogen) atoms. The Hall–Kier alpha value is -1.85. The second kappa shape index (κ2) is 7.62. The summed E-state index contributed by atoms with van der Waals surface area (Å²) in [6, 6.07) is 15.4. The molecule has 0 radical (unpaired) electrons. The van der Waals surface area contributed by atoms with Crippen molar-refractivity contribution < 1.29 is 9.53 Å². The number of hydrogen-bond acceptors (Lipinski definition) is 3. The Labute approximate surface area is 144 Å². The fourth-order valence-corrected chi connectivity index (χ4v) is 2.81. The standard InChI is InChI=1S/C18H19BrN2O2/c19-15-7-5-14(6-8-15)13-23-17-4-2-1-3-16(17)18(22)21-11-9-20-10-12-21/h1-8,20H,9-13H2. The second-order valence-corrected chi connectivity index (χ2v) is 6.37. The molecule has 0 atom stereocenters. The van der Waals surface area contributed by atoms with Gasteiger partial charge in [0, 0.05) is 30.7 Å². The largest absolute Gasteiger partial charge is 0.488 e. The van der Waals surface area contributed by atoms with Crippen LogP contribution in [-0.4, -0.2) is 37.0 Å². The molecular weight excluding hydrogens is 356 g/mol. The van der Waals surface area contributed by atoms with Crippen LogP contribution in [0.4, 0.5) is 0 Å². The Kier molecular flexibility index (Phi) is 5.31. The molecule has 5 heteroatoms. The molecule has 2 aromatic carbocycles. The topological polar surface area (TPSA) is 41.6 Å². The van der Waals surface area contributed by atoms with Crippen molar-refractivity contribution in [1.29, 1.82) is 0 Å². The number of ether oxygens (including phenoxy) is 1. The summed E-state index contributed by atoms with van der Waals surface area (Å²) >= 11 is 3.42. The Bertz CT molecular complexity index is 667. The Balaban J connectivity index is 1.72. The minimum absolute atomic E-state index is 0.0397. The summed E-state index contributed by atoms with van der Waals surface area (Å²) in [6.07, 6.45) is 0. The fourth-order valence-electron chi connectivity index (χ4n) is 2.55. The molecule has 2 aromatic rings. The monoisotopic (exact) mass is 374 g/mol. The van der Waals surface area contributed by atoms with Crippen LogP contribution in [0.5, 0.6) is 5.75 Å². The molecule has 1 N–H and O–H groups in total. The lowest BCUT2D eigenvalue weighted by atomic mass is 10.1. The maximum absolute atomic E-state index is 12.7. The zero-order chi connectivity index (χ0) is 16.1. The van der Waals surface area contributed by atoms with E-state index in [1.165, 1.54) is 0 Å². The van der Waals surface area contributed by atoms with Crippen LogP contribution in [0, 0.1) is 0 Å².